The fourth-order valence-corrected chi connectivity index (χ4v) is 2.04. The molecule has 0 unspecified atom stereocenters. The summed E-state index contributed by atoms with van der Waals surface area (Å²) in [7, 11) is 0. The predicted molar refractivity (Wildman–Crippen MR) is 45.0 cm³/mol. The molecule has 1 heterocycles. The van der Waals surface area contributed by atoms with E-state index in [0.717, 1.165) is 12.8 Å². The number of ether oxygens (including phenoxy) is 1. The molecule has 0 radical (unpaired) electrons. The summed E-state index contributed by atoms with van der Waals surface area (Å²) >= 11 is 0. The van der Waals surface area contributed by atoms with Gasteiger partial charge in [0.25, 0.3) is 0 Å². The van der Waals surface area contributed by atoms with Crippen LogP contribution in [0.15, 0.2) is 0 Å². The minimum absolute atomic E-state index is 0.159. The average molecular weight is 209 g/mol. The summed E-state index contributed by atoms with van der Waals surface area (Å²) in [5.74, 6) is -0.159. The van der Waals surface area contributed by atoms with E-state index in [1.807, 2.05) is 0 Å². The SMILES string of the molecule is FC(F)(F)[C@H](C1CC1)N1CCOCC1. The van der Waals surface area contributed by atoms with Crippen LogP contribution in [0.25, 0.3) is 0 Å². The highest BCUT2D eigenvalue weighted by Crippen LogP contribution is 2.43. The van der Waals surface area contributed by atoms with Gasteiger partial charge in [-0.1, -0.05) is 0 Å². The monoisotopic (exact) mass is 209 g/mol. The zero-order valence-electron chi connectivity index (χ0n) is 7.89. The fourth-order valence-electron chi connectivity index (χ4n) is 2.04. The molecule has 2 fully saturated rings. The average Bonchev–Trinajstić information content (AvgIpc) is 2.88. The summed E-state index contributed by atoms with van der Waals surface area (Å²) in [6, 6.07) is -1.22. The van der Waals surface area contributed by atoms with Gasteiger partial charge in [-0.15, -0.1) is 0 Å². The molecule has 2 nitrogen and oxygen atoms in total. The number of morpholine rings is 1. The molecule has 0 aromatic carbocycles. The Balaban J connectivity index is 2.01. The normalized spacial score (nSPS) is 27.6. The minimum atomic E-state index is -4.07. The number of hydrogen-bond acceptors (Lipinski definition) is 2. The van der Waals surface area contributed by atoms with E-state index < -0.39 is 12.2 Å². The second-order valence-corrected chi connectivity index (χ2v) is 3.97. The van der Waals surface area contributed by atoms with Crippen molar-refractivity contribution in [2.45, 2.75) is 25.1 Å². The Morgan fingerprint density at radius 2 is 1.71 bits per heavy atom. The molecule has 0 aromatic heterocycles. The van der Waals surface area contributed by atoms with Gasteiger partial charge in [0, 0.05) is 13.1 Å². The Labute approximate surface area is 81.0 Å². The molecule has 2 rings (SSSR count). The first-order chi connectivity index (χ1) is 6.59. The first kappa shape index (κ1) is 10.2. The van der Waals surface area contributed by atoms with Gasteiger partial charge in [-0.05, 0) is 18.8 Å². The Morgan fingerprint density at radius 1 is 1.14 bits per heavy atom. The quantitative estimate of drug-likeness (QED) is 0.685. The highest BCUT2D eigenvalue weighted by Gasteiger charge is 2.51. The van der Waals surface area contributed by atoms with E-state index in [0.29, 0.717) is 26.3 Å². The topological polar surface area (TPSA) is 12.5 Å². The van der Waals surface area contributed by atoms with Crippen molar-refractivity contribution in [2.24, 2.45) is 5.92 Å². The number of nitrogens with zero attached hydrogens (tertiary/aromatic N) is 1. The molecule has 1 atom stereocenters. The highest BCUT2D eigenvalue weighted by atomic mass is 19.4. The largest absolute Gasteiger partial charge is 0.404 e. The molecule has 1 aliphatic heterocycles. The van der Waals surface area contributed by atoms with Crippen molar-refractivity contribution in [3.8, 4) is 0 Å². The van der Waals surface area contributed by atoms with Crippen LogP contribution in [0, 0.1) is 5.92 Å². The third-order valence-corrected chi connectivity index (χ3v) is 2.84. The van der Waals surface area contributed by atoms with Crippen LogP contribution in [0.1, 0.15) is 12.8 Å². The number of rotatable bonds is 2. The van der Waals surface area contributed by atoms with Crippen molar-refractivity contribution < 1.29 is 17.9 Å². The third-order valence-electron chi connectivity index (χ3n) is 2.84. The zero-order chi connectivity index (χ0) is 10.2. The van der Waals surface area contributed by atoms with Gasteiger partial charge in [0.1, 0.15) is 6.04 Å². The van der Waals surface area contributed by atoms with E-state index in [1.165, 1.54) is 4.90 Å². The molecule has 0 aromatic rings. The second kappa shape index (κ2) is 3.70. The van der Waals surface area contributed by atoms with Crippen molar-refractivity contribution >= 4 is 0 Å². The molecule has 1 saturated carbocycles. The molecule has 2 aliphatic rings. The highest BCUT2D eigenvalue weighted by molar-refractivity contribution is 4.93. The standard InChI is InChI=1S/C9H14F3NO/c10-9(11,12)8(7-1-2-7)13-3-5-14-6-4-13/h7-8H,1-6H2/t8-/m0/s1. The Hall–Kier alpha value is -0.290. The minimum Gasteiger partial charge on any atom is -0.379 e. The van der Waals surface area contributed by atoms with Crippen LogP contribution >= 0.6 is 0 Å². The summed E-state index contributed by atoms with van der Waals surface area (Å²) in [5, 5.41) is 0. The number of halogens is 3. The molecule has 0 spiro atoms. The molecule has 1 saturated heterocycles. The predicted octanol–water partition coefficient (Wildman–Crippen LogP) is 1.66. The van der Waals surface area contributed by atoms with Gasteiger partial charge in [-0.2, -0.15) is 13.2 Å². The van der Waals surface area contributed by atoms with Gasteiger partial charge in [0.2, 0.25) is 0 Å². The molecule has 1 aliphatic carbocycles. The van der Waals surface area contributed by atoms with Crippen LogP contribution in [0.5, 0.6) is 0 Å². The van der Waals surface area contributed by atoms with E-state index in [2.05, 4.69) is 0 Å². The summed E-state index contributed by atoms with van der Waals surface area (Å²) < 4.78 is 43.2. The lowest BCUT2D eigenvalue weighted by Gasteiger charge is -2.35. The number of hydrogen-bond donors (Lipinski definition) is 0. The van der Waals surface area contributed by atoms with Gasteiger partial charge in [0.15, 0.2) is 0 Å². The Kier molecular flexibility index (Phi) is 2.70. The van der Waals surface area contributed by atoms with Crippen LogP contribution in [0.2, 0.25) is 0 Å². The van der Waals surface area contributed by atoms with Gasteiger partial charge in [-0.25, -0.2) is 0 Å². The van der Waals surface area contributed by atoms with E-state index in [4.69, 9.17) is 4.74 Å². The maximum Gasteiger partial charge on any atom is 0.404 e. The Bertz CT molecular complexity index is 197. The van der Waals surface area contributed by atoms with Crippen LogP contribution in [-0.4, -0.2) is 43.4 Å². The van der Waals surface area contributed by atoms with E-state index in [-0.39, 0.29) is 5.92 Å². The van der Waals surface area contributed by atoms with Gasteiger partial charge in [-0.3, -0.25) is 4.90 Å². The summed E-state index contributed by atoms with van der Waals surface area (Å²) in [6.45, 7) is 1.69. The molecular weight excluding hydrogens is 195 g/mol. The van der Waals surface area contributed by atoms with Crippen molar-refractivity contribution in [3.63, 3.8) is 0 Å². The van der Waals surface area contributed by atoms with Gasteiger partial charge < -0.3 is 4.74 Å². The van der Waals surface area contributed by atoms with E-state index in [1.54, 1.807) is 0 Å². The third kappa shape index (κ3) is 2.20. The first-order valence-electron chi connectivity index (χ1n) is 4.97. The summed E-state index contributed by atoms with van der Waals surface area (Å²) in [6.07, 6.45) is -2.62. The maximum atomic E-state index is 12.7. The van der Waals surface area contributed by atoms with Crippen LogP contribution < -0.4 is 0 Å². The molecule has 5 heteroatoms. The fraction of sp³-hybridized carbons (Fsp3) is 1.00. The molecule has 0 N–H and O–H groups in total. The summed E-state index contributed by atoms with van der Waals surface area (Å²) in [5.41, 5.74) is 0. The van der Waals surface area contributed by atoms with Crippen LogP contribution in [0.3, 0.4) is 0 Å². The smallest absolute Gasteiger partial charge is 0.379 e. The molecule has 14 heavy (non-hydrogen) atoms. The second-order valence-electron chi connectivity index (χ2n) is 3.97. The van der Waals surface area contributed by atoms with E-state index in [9.17, 15) is 13.2 Å². The van der Waals surface area contributed by atoms with Crippen molar-refractivity contribution in [2.75, 3.05) is 26.3 Å². The first-order valence-corrected chi connectivity index (χ1v) is 4.97. The van der Waals surface area contributed by atoms with E-state index >= 15 is 0 Å². The molecule has 82 valence electrons. The van der Waals surface area contributed by atoms with Crippen LogP contribution in [0.4, 0.5) is 13.2 Å². The lowest BCUT2D eigenvalue weighted by Crippen LogP contribution is -2.51. The van der Waals surface area contributed by atoms with Crippen molar-refractivity contribution in [1.82, 2.24) is 4.90 Å². The molecule has 0 amide bonds. The van der Waals surface area contributed by atoms with Crippen molar-refractivity contribution in [1.29, 1.82) is 0 Å². The van der Waals surface area contributed by atoms with Crippen LogP contribution in [-0.2, 0) is 4.74 Å². The summed E-state index contributed by atoms with van der Waals surface area (Å²) in [4.78, 5) is 1.53. The maximum absolute atomic E-state index is 12.7. The van der Waals surface area contributed by atoms with Gasteiger partial charge >= 0.3 is 6.18 Å². The molecular formula is C9H14F3NO. The lowest BCUT2D eigenvalue weighted by molar-refractivity contribution is -0.197. The zero-order valence-corrected chi connectivity index (χ0v) is 7.89. The lowest BCUT2D eigenvalue weighted by atomic mass is 10.1. The Morgan fingerprint density at radius 3 is 2.14 bits per heavy atom. The van der Waals surface area contributed by atoms with Gasteiger partial charge in [0.05, 0.1) is 13.2 Å². The van der Waals surface area contributed by atoms with Crippen molar-refractivity contribution in [3.05, 3.63) is 0 Å². The number of alkyl halides is 3. The molecule has 0 bridgehead atoms.